The van der Waals surface area contributed by atoms with Crippen molar-refractivity contribution in [3.63, 3.8) is 0 Å². The molecule has 8 heteroatoms. The molecule has 0 saturated heterocycles. The highest BCUT2D eigenvalue weighted by Gasteiger charge is 2.19. The largest absolute Gasteiger partial charge is 0.462 e. The summed E-state index contributed by atoms with van der Waals surface area (Å²) in [6, 6.07) is 3.93. The molecule has 0 spiro atoms. The van der Waals surface area contributed by atoms with E-state index in [0.717, 1.165) is 0 Å². The number of rotatable bonds is 6. The lowest BCUT2D eigenvalue weighted by Crippen LogP contribution is -2.25. The van der Waals surface area contributed by atoms with Crippen LogP contribution in [0.3, 0.4) is 0 Å². The highest BCUT2D eigenvalue weighted by atomic mass is 79.9. The second kappa shape index (κ2) is 6.87. The molecule has 0 radical (unpaired) electrons. The lowest BCUT2D eigenvalue weighted by Gasteiger charge is -2.22. The summed E-state index contributed by atoms with van der Waals surface area (Å²) < 4.78 is 33.4. The first-order valence-corrected chi connectivity index (χ1v) is 8.45. The molecule has 0 aliphatic heterocycles. The Balaban J connectivity index is 2.83. The zero-order chi connectivity index (χ0) is 16.3. The van der Waals surface area contributed by atoms with Crippen molar-refractivity contribution in [1.82, 2.24) is 0 Å². The van der Waals surface area contributed by atoms with Gasteiger partial charge in [0, 0.05) is 18.0 Å². The van der Waals surface area contributed by atoms with Crippen LogP contribution in [0.2, 0.25) is 0 Å². The average Bonchev–Trinajstić information content (AvgIpc) is 2.37. The van der Waals surface area contributed by atoms with Gasteiger partial charge in [0.1, 0.15) is 0 Å². The van der Waals surface area contributed by atoms with Gasteiger partial charge in [-0.25, -0.2) is 18.4 Å². The van der Waals surface area contributed by atoms with Gasteiger partial charge in [0.15, 0.2) is 0 Å². The highest BCUT2D eigenvalue weighted by Crippen LogP contribution is 2.22. The maximum absolute atomic E-state index is 12.0. The third kappa shape index (κ3) is 5.39. The highest BCUT2D eigenvalue weighted by molar-refractivity contribution is 9.10. The number of hydrogen-bond acceptors (Lipinski definition) is 5. The van der Waals surface area contributed by atoms with Crippen molar-refractivity contribution in [2.45, 2.75) is 30.8 Å². The predicted octanol–water partition coefficient (Wildman–Crippen LogP) is 2.07. The third-order valence-electron chi connectivity index (χ3n) is 2.98. The maximum atomic E-state index is 12.0. The molecular formula is C13H18BrNO5S. The molecule has 1 aromatic carbocycles. The van der Waals surface area contributed by atoms with Crippen LogP contribution in [0.5, 0.6) is 0 Å². The van der Waals surface area contributed by atoms with E-state index in [1.807, 2.05) is 13.8 Å². The van der Waals surface area contributed by atoms with Crippen LogP contribution in [0.1, 0.15) is 30.6 Å². The van der Waals surface area contributed by atoms with Crippen molar-refractivity contribution < 1.29 is 22.7 Å². The molecule has 0 aromatic heterocycles. The molecule has 0 fully saturated rings. The molecule has 1 rings (SSSR count). The number of hydrogen-bond donors (Lipinski definition) is 1. The molecular weight excluding hydrogens is 362 g/mol. The smallest absolute Gasteiger partial charge is 0.339 e. The number of sulfonamides is 1. The van der Waals surface area contributed by atoms with Gasteiger partial charge in [0.05, 0.1) is 22.7 Å². The van der Waals surface area contributed by atoms with Gasteiger partial charge >= 0.3 is 5.97 Å². The summed E-state index contributed by atoms with van der Waals surface area (Å²) in [7, 11) is -2.29. The van der Waals surface area contributed by atoms with Crippen LogP contribution < -0.4 is 5.14 Å². The summed E-state index contributed by atoms with van der Waals surface area (Å²) in [5, 5.41) is 5.04. The molecule has 118 valence electrons. The fourth-order valence-corrected chi connectivity index (χ4v) is 2.36. The van der Waals surface area contributed by atoms with Gasteiger partial charge in [-0.2, -0.15) is 0 Å². The topological polar surface area (TPSA) is 95.7 Å². The van der Waals surface area contributed by atoms with E-state index in [1.165, 1.54) is 18.2 Å². The summed E-state index contributed by atoms with van der Waals surface area (Å²) in [5.41, 5.74) is -0.295. The van der Waals surface area contributed by atoms with E-state index < -0.39 is 21.6 Å². The summed E-state index contributed by atoms with van der Waals surface area (Å²) in [4.78, 5) is 11.8. The minimum Gasteiger partial charge on any atom is -0.462 e. The quantitative estimate of drug-likeness (QED) is 0.763. The molecule has 0 heterocycles. The molecule has 0 aliphatic rings. The molecule has 1 aromatic rings. The fourth-order valence-electron chi connectivity index (χ4n) is 1.41. The van der Waals surface area contributed by atoms with E-state index in [4.69, 9.17) is 14.6 Å². The lowest BCUT2D eigenvalue weighted by atomic mass is 10.1. The minimum atomic E-state index is -3.87. The first-order valence-electron chi connectivity index (χ1n) is 6.11. The summed E-state index contributed by atoms with van der Waals surface area (Å²) in [6.45, 7) is 3.91. The van der Waals surface area contributed by atoms with Gasteiger partial charge in [-0.05, 0) is 48.0 Å². The van der Waals surface area contributed by atoms with Crippen LogP contribution in [-0.4, -0.2) is 33.7 Å². The molecule has 0 saturated carbocycles. The van der Waals surface area contributed by atoms with Crippen molar-refractivity contribution in [1.29, 1.82) is 0 Å². The normalized spacial score (nSPS) is 12.2. The molecule has 2 N–H and O–H groups in total. The number of ether oxygens (including phenoxy) is 2. The molecule has 0 bridgehead atoms. The van der Waals surface area contributed by atoms with Crippen LogP contribution in [-0.2, 0) is 19.5 Å². The van der Waals surface area contributed by atoms with Crippen molar-refractivity contribution in [3.05, 3.63) is 28.2 Å². The lowest BCUT2D eigenvalue weighted by molar-refractivity contribution is -0.00566. The van der Waals surface area contributed by atoms with E-state index >= 15 is 0 Å². The van der Waals surface area contributed by atoms with Crippen LogP contribution in [0.15, 0.2) is 27.6 Å². The van der Waals surface area contributed by atoms with Gasteiger partial charge in [0.2, 0.25) is 10.0 Å². The third-order valence-corrected chi connectivity index (χ3v) is 4.58. The number of esters is 1. The summed E-state index contributed by atoms with van der Waals surface area (Å²) >= 11 is 3.18. The number of halogens is 1. The molecule has 0 unspecified atom stereocenters. The molecule has 0 amide bonds. The standard InChI is InChI=1S/C13H18BrNO5S/c1-13(2,19-3)6-7-20-12(16)10-8-9(21(15,17)18)4-5-11(10)14/h4-5,8H,6-7H2,1-3H3,(H2,15,17,18). The van der Waals surface area contributed by atoms with E-state index in [1.54, 1.807) is 7.11 Å². The first-order chi connectivity index (χ1) is 9.57. The van der Waals surface area contributed by atoms with Crippen LogP contribution >= 0.6 is 15.9 Å². The van der Waals surface area contributed by atoms with Gasteiger partial charge < -0.3 is 9.47 Å². The average molecular weight is 380 g/mol. The molecule has 21 heavy (non-hydrogen) atoms. The maximum Gasteiger partial charge on any atom is 0.339 e. The second-order valence-electron chi connectivity index (χ2n) is 5.04. The Kier molecular flexibility index (Phi) is 5.92. The number of methoxy groups -OCH3 is 1. The summed E-state index contributed by atoms with van der Waals surface area (Å²) in [5.74, 6) is -0.626. The van der Waals surface area contributed by atoms with E-state index in [-0.39, 0.29) is 17.1 Å². The monoisotopic (exact) mass is 379 g/mol. The minimum absolute atomic E-state index is 0.108. The Morgan fingerprint density at radius 2 is 2.00 bits per heavy atom. The second-order valence-corrected chi connectivity index (χ2v) is 7.45. The zero-order valence-electron chi connectivity index (χ0n) is 12.1. The number of carbonyl (C=O) groups is 1. The Morgan fingerprint density at radius 1 is 1.38 bits per heavy atom. The molecule has 6 nitrogen and oxygen atoms in total. The molecule has 0 atom stereocenters. The zero-order valence-corrected chi connectivity index (χ0v) is 14.5. The van der Waals surface area contributed by atoms with Gasteiger partial charge in [-0.1, -0.05) is 0 Å². The van der Waals surface area contributed by atoms with Crippen LogP contribution in [0.25, 0.3) is 0 Å². The number of benzene rings is 1. The number of carbonyl (C=O) groups excluding carboxylic acids is 1. The molecule has 0 aliphatic carbocycles. The van der Waals surface area contributed by atoms with E-state index in [9.17, 15) is 13.2 Å². The number of nitrogens with two attached hydrogens (primary N) is 1. The SMILES string of the molecule is COC(C)(C)CCOC(=O)c1cc(S(N)(=O)=O)ccc1Br. The Labute approximate surface area is 132 Å². The van der Waals surface area contributed by atoms with Crippen molar-refractivity contribution in [2.24, 2.45) is 5.14 Å². The first kappa shape index (κ1) is 18.1. The van der Waals surface area contributed by atoms with Gasteiger partial charge in [-0.15, -0.1) is 0 Å². The summed E-state index contributed by atoms with van der Waals surface area (Å²) in [6.07, 6.45) is 0.516. The van der Waals surface area contributed by atoms with Crippen LogP contribution in [0, 0.1) is 0 Å². The van der Waals surface area contributed by atoms with Gasteiger partial charge in [-0.3, -0.25) is 0 Å². The van der Waals surface area contributed by atoms with Crippen molar-refractivity contribution in [3.8, 4) is 0 Å². The Hall–Kier alpha value is -0.960. The van der Waals surface area contributed by atoms with Crippen molar-refractivity contribution >= 4 is 31.9 Å². The fraction of sp³-hybridized carbons (Fsp3) is 0.462. The predicted molar refractivity (Wildman–Crippen MR) is 81.5 cm³/mol. The number of primary sulfonamides is 1. The van der Waals surface area contributed by atoms with Gasteiger partial charge in [0.25, 0.3) is 0 Å². The van der Waals surface area contributed by atoms with E-state index in [2.05, 4.69) is 15.9 Å². The van der Waals surface area contributed by atoms with E-state index in [0.29, 0.717) is 10.9 Å². The van der Waals surface area contributed by atoms with Crippen molar-refractivity contribution in [2.75, 3.05) is 13.7 Å². The Bertz CT molecular complexity index is 627. The Morgan fingerprint density at radius 3 is 2.52 bits per heavy atom. The van der Waals surface area contributed by atoms with Crippen LogP contribution in [0.4, 0.5) is 0 Å².